The molecule has 6 heterocycles. The van der Waals surface area contributed by atoms with E-state index >= 15 is 0 Å². The third kappa shape index (κ3) is 5.35. The molecule has 8 rings (SSSR count). The van der Waals surface area contributed by atoms with Gasteiger partial charge in [0.25, 0.3) is 5.91 Å². The second-order valence-electron chi connectivity index (χ2n) is 14.6. The normalized spacial score (nSPS) is 21.7. The van der Waals surface area contributed by atoms with Crippen molar-refractivity contribution in [2.45, 2.75) is 70.4 Å². The average molecular weight is 660 g/mol. The zero-order chi connectivity index (χ0) is 33.9. The zero-order valence-corrected chi connectivity index (χ0v) is 28.0. The van der Waals surface area contributed by atoms with Gasteiger partial charge in [0.2, 0.25) is 17.7 Å². The van der Waals surface area contributed by atoms with Crippen molar-refractivity contribution >= 4 is 45.9 Å². The molecular weight excluding hydrogens is 618 g/mol. The number of piperidine rings is 3. The number of hydrogen-bond acceptors (Lipinski definition) is 7. The van der Waals surface area contributed by atoms with Gasteiger partial charge in [-0.1, -0.05) is 31.2 Å². The fourth-order valence-corrected chi connectivity index (χ4v) is 8.21. The molecule has 49 heavy (non-hydrogen) atoms. The average Bonchev–Trinajstić information content (AvgIpc) is 3.70. The Morgan fingerprint density at radius 1 is 0.939 bits per heavy atom. The number of rotatable bonds is 6. The van der Waals surface area contributed by atoms with E-state index in [-0.39, 0.29) is 35.1 Å². The number of anilines is 2. The fourth-order valence-electron chi connectivity index (χ4n) is 8.21. The minimum atomic E-state index is -0.708. The quantitative estimate of drug-likeness (QED) is 0.304. The van der Waals surface area contributed by atoms with Crippen LogP contribution in [0, 0.1) is 5.41 Å². The number of carbonyl (C=O) groups is 4. The summed E-state index contributed by atoms with van der Waals surface area (Å²) in [5.74, 6) is 0.299. The number of nitrogens with one attached hydrogen (secondary N) is 1. The Morgan fingerprint density at radius 3 is 2.47 bits per heavy atom. The molecule has 4 amide bonds. The number of nitrogens with zero attached hydrogens (tertiary/aromatic N) is 6. The molecule has 4 aromatic rings. The molecule has 2 aromatic heterocycles. The molecule has 4 aliphatic heterocycles. The van der Waals surface area contributed by atoms with E-state index in [0.717, 1.165) is 66.5 Å². The molecule has 3 saturated heterocycles. The lowest BCUT2D eigenvalue weighted by Crippen LogP contribution is -2.53. The summed E-state index contributed by atoms with van der Waals surface area (Å²) in [6.07, 6.45) is 10.3. The monoisotopic (exact) mass is 659 g/mol. The maximum Gasteiger partial charge on any atom is 0.259 e. The van der Waals surface area contributed by atoms with E-state index in [1.54, 1.807) is 4.90 Å². The van der Waals surface area contributed by atoms with Gasteiger partial charge < -0.3 is 9.80 Å². The second kappa shape index (κ2) is 11.8. The highest BCUT2D eigenvalue weighted by atomic mass is 16.2. The van der Waals surface area contributed by atoms with E-state index in [1.165, 1.54) is 0 Å². The maximum absolute atomic E-state index is 13.8. The van der Waals surface area contributed by atoms with Crippen LogP contribution in [-0.4, -0.2) is 75.5 Å². The van der Waals surface area contributed by atoms with Gasteiger partial charge in [0.05, 0.1) is 17.4 Å². The van der Waals surface area contributed by atoms with Crippen LogP contribution in [0.3, 0.4) is 0 Å². The Kier molecular flexibility index (Phi) is 7.53. The van der Waals surface area contributed by atoms with Crippen LogP contribution in [0.1, 0.15) is 73.9 Å². The van der Waals surface area contributed by atoms with Crippen LogP contribution >= 0.6 is 0 Å². The molecule has 1 N–H and O–H groups in total. The lowest BCUT2D eigenvalue weighted by atomic mass is 9.78. The number of aromatic nitrogens is 3. The van der Waals surface area contributed by atoms with E-state index in [0.29, 0.717) is 37.2 Å². The lowest BCUT2D eigenvalue weighted by Gasteiger charge is -2.45. The summed E-state index contributed by atoms with van der Waals surface area (Å²) in [6, 6.07) is 14.9. The molecule has 1 unspecified atom stereocenters. The Hall–Kier alpha value is -5.06. The smallest absolute Gasteiger partial charge is 0.259 e. The van der Waals surface area contributed by atoms with Crippen molar-refractivity contribution < 1.29 is 19.2 Å². The maximum atomic E-state index is 13.8. The van der Waals surface area contributed by atoms with Crippen molar-refractivity contribution in [3.8, 4) is 0 Å². The summed E-state index contributed by atoms with van der Waals surface area (Å²) in [7, 11) is 0. The first-order valence-corrected chi connectivity index (χ1v) is 17.3. The molecule has 11 nitrogen and oxygen atoms in total. The minimum absolute atomic E-state index is 0.199. The van der Waals surface area contributed by atoms with Gasteiger partial charge in [-0.2, -0.15) is 5.10 Å². The highest BCUT2D eigenvalue weighted by Crippen LogP contribution is 2.42. The summed E-state index contributed by atoms with van der Waals surface area (Å²) in [6.45, 7) is 7.42. The predicted octanol–water partition coefficient (Wildman–Crippen LogP) is 4.43. The fraction of sp³-hybridized carbons (Fsp3) is 0.421. The summed E-state index contributed by atoms with van der Waals surface area (Å²) >= 11 is 0. The minimum Gasteiger partial charge on any atom is -0.357 e. The number of imide groups is 1. The number of amides is 4. The first kappa shape index (κ1) is 31.2. The number of hydrogen-bond donors (Lipinski definition) is 1. The van der Waals surface area contributed by atoms with E-state index < -0.39 is 11.9 Å². The van der Waals surface area contributed by atoms with Gasteiger partial charge in [0.15, 0.2) is 0 Å². The van der Waals surface area contributed by atoms with E-state index in [2.05, 4.69) is 44.8 Å². The third-order valence-electron chi connectivity index (χ3n) is 11.4. The number of pyridine rings is 1. The molecule has 2 aromatic carbocycles. The molecule has 0 aliphatic carbocycles. The molecule has 0 bridgehead atoms. The van der Waals surface area contributed by atoms with Crippen LogP contribution in [0.25, 0.3) is 10.8 Å². The van der Waals surface area contributed by atoms with Crippen LogP contribution in [0.4, 0.5) is 11.5 Å². The van der Waals surface area contributed by atoms with Gasteiger partial charge in [-0.15, -0.1) is 0 Å². The number of carbonyl (C=O) groups excluding carboxylic acids is 4. The standard InChI is InChI=1S/C38H41N7O4/c1-37(13-18-42(19-14-37)31-8-3-4-17-39-31)36(49)43-20-15-38(2,16-21-43)44-24-25(23-40-44)22-26-9-10-29-33-27(26)6-5-7-28(33)35(48)45(29)30-11-12-32(46)41-34(30)47/h3-10,17,23-24,30H,11-16,18-22H2,1-2H3,(H,41,46,47). The topological polar surface area (TPSA) is 121 Å². The summed E-state index contributed by atoms with van der Waals surface area (Å²) in [4.78, 5) is 62.2. The summed E-state index contributed by atoms with van der Waals surface area (Å²) in [5, 5.41) is 9.03. The second-order valence-corrected chi connectivity index (χ2v) is 14.6. The van der Waals surface area contributed by atoms with E-state index in [1.807, 2.05) is 60.9 Å². The highest BCUT2D eigenvalue weighted by Gasteiger charge is 2.43. The largest absolute Gasteiger partial charge is 0.357 e. The third-order valence-corrected chi connectivity index (χ3v) is 11.4. The molecular formula is C38H41N7O4. The summed E-state index contributed by atoms with van der Waals surface area (Å²) in [5.41, 5.74) is 2.88. The zero-order valence-electron chi connectivity index (χ0n) is 28.0. The highest BCUT2D eigenvalue weighted by molar-refractivity contribution is 6.27. The van der Waals surface area contributed by atoms with Gasteiger partial charge in [-0.3, -0.25) is 34.1 Å². The Morgan fingerprint density at radius 2 is 1.73 bits per heavy atom. The first-order valence-electron chi connectivity index (χ1n) is 17.3. The van der Waals surface area contributed by atoms with Crippen molar-refractivity contribution in [3.63, 3.8) is 0 Å². The van der Waals surface area contributed by atoms with E-state index in [4.69, 9.17) is 5.10 Å². The number of benzene rings is 2. The van der Waals surface area contributed by atoms with Gasteiger partial charge in [-0.25, -0.2) is 4.98 Å². The van der Waals surface area contributed by atoms with Crippen LogP contribution < -0.4 is 15.1 Å². The van der Waals surface area contributed by atoms with Crippen molar-refractivity contribution in [1.82, 2.24) is 25.0 Å². The van der Waals surface area contributed by atoms with Crippen LogP contribution in [-0.2, 0) is 26.3 Å². The Bertz CT molecular complexity index is 1970. The first-order chi connectivity index (χ1) is 23.6. The molecule has 0 spiro atoms. The van der Waals surface area contributed by atoms with Crippen molar-refractivity contribution in [1.29, 1.82) is 0 Å². The van der Waals surface area contributed by atoms with Gasteiger partial charge in [-0.05, 0) is 79.8 Å². The number of likely N-dealkylation sites (tertiary alicyclic amines) is 1. The molecule has 1 atom stereocenters. The summed E-state index contributed by atoms with van der Waals surface area (Å²) < 4.78 is 2.07. The molecule has 3 fully saturated rings. The van der Waals surface area contributed by atoms with Gasteiger partial charge in [0.1, 0.15) is 11.9 Å². The van der Waals surface area contributed by atoms with Crippen molar-refractivity contribution in [2.75, 3.05) is 36.0 Å². The Balaban J connectivity index is 0.940. The SMILES string of the molecule is CC1(C(=O)N2CCC(C)(n3cc(Cc4ccc5c6c(cccc46)C(=O)N5C4CCC(=O)NC4=O)cn3)CC2)CCN(c2ccccn2)CC1. The Labute approximate surface area is 285 Å². The molecule has 252 valence electrons. The molecule has 0 saturated carbocycles. The van der Waals surface area contributed by atoms with Gasteiger partial charge in [0, 0.05) is 67.8 Å². The van der Waals surface area contributed by atoms with Crippen LogP contribution in [0.2, 0.25) is 0 Å². The predicted molar refractivity (Wildman–Crippen MR) is 185 cm³/mol. The molecule has 11 heteroatoms. The van der Waals surface area contributed by atoms with E-state index in [9.17, 15) is 19.2 Å². The lowest BCUT2D eigenvalue weighted by molar-refractivity contribution is -0.144. The van der Waals surface area contributed by atoms with Crippen molar-refractivity contribution in [2.24, 2.45) is 5.41 Å². The molecule has 0 radical (unpaired) electrons. The van der Waals surface area contributed by atoms with Gasteiger partial charge >= 0.3 is 0 Å². The van der Waals surface area contributed by atoms with Crippen LogP contribution in [0.15, 0.2) is 67.1 Å². The van der Waals surface area contributed by atoms with Crippen LogP contribution in [0.5, 0.6) is 0 Å². The van der Waals surface area contributed by atoms with Crippen molar-refractivity contribution in [3.05, 3.63) is 83.8 Å². The molecule has 4 aliphatic rings.